The Bertz CT molecular complexity index is 870. The number of nitrogens with one attached hydrogen (secondary N) is 2. The lowest BCUT2D eigenvalue weighted by Crippen LogP contribution is -2.50. The van der Waals surface area contributed by atoms with E-state index < -0.39 is 0 Å². The van der Waals surface area contributed by atoms with Crippen LogP contribution in [0.3, 0.4) is 0 Å². The number of guanidine groups is 1. The van der Waals surface area contributed by atoms with Gasteiger partial charge in [0.05, 0.1) is 32.9 Å². The maximum absolute atomic E-state index is 5.99. The SMILES string of the molecule is COc1ccc(CN=C(NCc2nnc(C)n2C)NCC2CN(CC(C)C)CCO2)cc1.I. The van der Waals surface area contributed by atoms with Crippen LogP contribution in [0, 0.1) is 12.8 Å². The summed E-state index contributed by atoms with van der Waals surface area (Å²) in [6.45, 7) is 12.0. The van der Waals surface area contributed by atoms with Crippen molar-refractivity contribution in [2.45, 2.75) is 40.0 Å². The summed E-state index contributed by atoms with van der Waals surface area (Å²) < 4.78 is 13.2. The zero-order chi connectivity index (χ0) is 22.9. The third kappa shape index (κ3) is 8.74. The number of ether oxygens (including phenoxy) is 2. The van der Waals surface area contributed by atoms with E-state index in [4.69, 9.17) is 14.5 Å². The molecule has 0 amide bonds. The van der Waals surface area contributed by atoms with Crippen LogP contribution < -0.4 is 15.4 Å². The number of rotatable bonds is 9. The summed E-state index contributed by atoms with van der Waals surface area (Å²) in [7, 11) is 3.63. The summed E-state index contributed by atoms with van der Waals surface area (Å²) in [5.41, 5.74) is 1.11. The second-order valence-corrected chi connectivity index (χ2v) is 8.62. The van der Waals surface area contributed by atoms with Gasteiger partial charge in [-0.25, -0.2) is 4.99 Å². The molecule has 9 nitrogen and oxygen atoms in total. The highest BCUT2D eigenvalue weighted by Crippen LogP contribution is 2.12. The van der Waals surface area contributed by atoms with E-state index in [2.05, 4.69) is 39.6 Å². The molecule has 1 atom stereocenters. The van der Waals surface area contributed by atoms with Gasteiger partial charge in [-0.15, -0.1) is 34.2 Å². The molecule has 0 aliphatic carbocycles. The fraction of sp³-hybridized carbons (Fsp3) is 0.609. The van der Waals surface area contributed by atoms with E-state index in [0.717, 1.165) is 55.2 Å². The van der Waals surface area contributed by atoms with Crippen LogP contribution in [0.4, 0.5) is 0 Å². The second-order valence-electron chi connectivity index (χ2n) is 8.62. The Morgan fingerprint density at radius 3 is 2.64 bits per heavy atom. The van der Waals surface area contributed by atoms with E-state index in [1.165, 1.54) is 0 Å². The normalized spacial score (nSPS) is 17.0. The van der Waals surface area contributed by atoms with Gasteiger partial charge < -0.3 is 24.7 Å². The molecule has 1 aliphatic heterocycles. The largest absolute Gasteiger partial charge is 0.497 e. The molecule has 10 heteroatoms. The molecule has 1 saturated heterocycles. The molecule has 33 heavy (non-hydrogen) atoms. The standard InChI is InChI=1S/C23H37N7O2.HI/c1-17(2)15-30-10-11-32-21(16-30)13-25-23(26-14-22-28-27-18(3)29(22)4)24-12-19-6-8-20(31-5)9-7-19;/h6-9,17,21H,10-16H2,1-5H3,(H2,24,25,26);1H. The molecule has 1 fully saturated rings. The molecule has 0 saturated carbocycles. The number of aryl methyl sites for hydroxylation is 1. The minimum atomic E-state index is 0. The minimum absolute atomic E-state index is 0. The van der Waals surface area contributed by atoms with Crippen molar-refractivity contribution in [2.75, 3.05) is 39.9 Å². The lowest BCUT2D eigenvalue weighted by atomic mass is 10.2. The van der Waals surface area contributed by atoms with Crippen LogP contribution in [0.2, 0.25) is 0 Å². The van der Waals surface area contributed by atoms with Gasteiger partial charge in [-0.3, -0.25) is 4.90 Å². The molecule has 2 N–H and O–H groups in total. The van der Waals surface area contributed by atoms with Crippen molar-refractivity contribution in [1.29, 1.82) is 0 Å². The average Bonchev–Trinajstić information content (AvgIpc) is 3.11. The van der Waals surface area contributed by atoms with E-state index in [1.54, 1.807) is 7.11 Å². The molecule has 1 aliphatic rings. The highest BCUT2D eigenvalue weighted by atomic mass is 127. The summed E-state index contributed by atoms with van der Waals surface area (Å²) >= 11 is 0. The summed E-state index contributed by atoms with van der Waals surface area (Å²) in [5.74, 6) is 3.96. The van der Waals surface area contributed by atoms with Crippen molar-refractivity contribution in [3.63, 3.8) is 0 Å². The summed E-state index contributed by atoms with van der Waals surface area (Å²) in [4.78, 5) is 7.26. The monoisotopic (exact) mass is 571 g/mol. The number of hydrogen-bond acceptors (Lipinski definition) is 6. The third-order valence-corrected chi connectivity index (χ3v) is 5.52. The van der Waals surface area contributed by atoms with Gasteiger partial charge in [0.15, 0.2) is 11.8 Å². The summed E-state index contributed by atoms with van der Waals surface area (Å²) in [5, 5.41) is 15.2. The first-order valence-electron chi connectivity index (χ1n) is 11.3. The van der Waals surface area contributed by atoms with Crippen LogP contribution in [-0.2, 0) is 24.9 Å². The van der Waals surface area contributed by atoms with Crippen molar-refractivity contribution >= 4 is 29.9 Å². The molecular formula is C23H38IN7O2. The molecule has 0 spiro atoms. The van der Waals surface area contributed by atoms with Crippen LogP contribution in [0.25, 0.3) is 0 Å². The molecule has 2 aromatic rings. The Morgan fingerprint density at radius 1 is 1.24 bits per heavy atom. The number of nitrogens with zero attached hydrogens (tertiary/aromatic N) is 5. The van der Waals surface area contributed by atoms with Gasteiger partial charge in [0.1, 0.15) is 11.6 Å². The van der Waals surface area contributed by atoms with Gasteiger partial charge in [0.25, 0.3) is 0 Å². The fourth-order valence-corrected chi connectivity index (χ4v) is 3.64. The Morgan fingerprint density at radius 2 is 2.00 bits per heavy atom. The molecular weight excluding hydrogens is 533 g/mol. The van der Waals surface area contributed by atoms with Gasteiger partial charge in [0, 0.05) is 33.2 Å². The average molecular weight is 572 g/mol. The van der Waals surface area contributed by atoms with Crippen LogP contribution in [0.15, 0.2) is 29.3 Å². The molecule has 1 unspecified atom stereocenters. The number of halogens is 1. The van der Waals surface area contributed by atoms with Crippen LogP contribution in [-0.4, -0.2) is 71.6 Å². The van der Waals surface area contributed by atoms with E-state index >= 15 is 0 Å². The van der Waals surface area contributed by atoms with Gasteiger partial charge in [0.2, 0.25) is 0 Å². The number of benzene rings is 1. The summed E-state index contributed by atoms with van der Waals surface area (Å²) in [6, 6.07) is 7.96. The van der Waals surface area contributed by atoms with Crippen LogP contribution >= 0.6 is 24.0 Å². The topological polar surface area (TPSA) is 88.8 Å². The van der Waals surface area contributed by atoms with Crippen LogP contribution in [0.1, 0.15) is 31.1 Å². The molecule has 1 aromatic heterocycles. The minimum Gasteiger partial charge on any atom is -0.497 e. The number of aromatic nitrogens is 3. The molecule has 0 radical (unpaired) electrons. The van der Waals surface area contributed by atoms with Gasteiger partial charge >= 0.3 is 0 Å². The van der Waals surface area contributed by atoms with Crippen molar-refractivity contribution < 1.29 is 9.47 Å². The van der Waals surface area contributed by atoms with Crippen molar-refractivity contribution in [3.05, 3.63) is 41.5 Å². The van der Waals surface area contributed by atoms with Gasteiger partial charge in [-0.1, -0.05) is 26.0 Å². The number of aliphatic imine (C=N–C) groups is 1. The first kappa shape index (κ1) is 27.3. The zero-order valence-electron chi connectivity index (χ0n) is 20.4. The van der Waals surface area contributed by atoms with Crippen molar-refractivity contribution in [3.8, 4) is 5.75 Å². The Hall–Kier alpha value is -1.92. The number of morpholine rings is 1. The highest BCUT2D eigenvalue weighted by Gasteiger charge is 2.21. The van der Waals surface area contributed by atoms with E-state index in [0.29, 0.717) is 25.6 Å². The number of methoxy groups -OCH3 is 1. The lowest BCUT2D eigenvalue weighted by Gasteiger charge is -2.34. The maximum atomic E-state index is 5.99. The first-order valence-corrected chi connectivity index (χ1v) is 11.3. The predicted molar refractivity (Wildman–Crippen MR) is 141 cm³/mol. The lowest BCUT2D eigenvalue weighted by molar-refractivity contribution is -0.0284. The smallest absolute Gasteiger partial charge is 0.192 e. The third-order valence-electron chi connectivity index (χ3n) is 5.52. The van der Waals surface area contributed by atoms with Crippen molar-refractivity contribution in [1.82, 2.24) is 30.3 Å². The Kier molecular flexibility index (Phi) is 11.3. The van der Waals surface area contributed by atoms with E-state index in [1.807, 2.05) is 42.8 Å². The van der Waals surface area contributed by atoms with Crippen molar-refractivity contribution in [2.24, 2.45) is 18.0 Å². The zero-order valence-corrected chi connectivity index (χ0v) is 22.7. The molecule has 184 valence electrons. The summed E-state index contributed by atoms with van der Waals surface area (Å²) in [6.07, 6.45) is 0.132. The van der Waals surface area contributed by atoms with Gasteiger partial charge in [-0.2, -0.15) is 0 Å². The number of hydrogen-bond donors (Lipinski definition) is 2. The Labute approximate surface area is 214 Å². The molecule has 1 aromatic carbocycles. The van der Waals surface area contributed by atoms with E-state index in [-0.39, 0.29) is 30.1 Å². The molecule has 2 heterocycles. The maximum Gasteiger partial charge on any atom is 0.192 e. The fourth-order valence-electron chi connectivity index (χ4n) is 3.64. The first-order chi connectivity index (χ1) is 15.4. The molecule has 3 rings (SSSR count). The van der Waals surface area contributed by atoms with Gasteiger partial charge in [-0.05, 0) is 30.5 Å². The van der Waals surface area contributed by atoms with Crippen LogP contribution in [0.5, 0.6) is 5.75 Å². The Balaban J connectivity index is 0.00000385. The molecule has 0 bridgehead atoms. The predicted octanol–water partition coefficient (Wildman–Crippen LogP) is 2.34. The second kappa shape index (κ2) is 13.7. The highest BCUT2D eigenvalue weighted by molar-refractivity contribution is 14.0. The van der Waals surface area contributed by atoms with E-state index in [9.17, 15) is 0 Å². The quantitative estimate of drug-likeness (QED) is 0.272.